The van der Waals surface area contributed by atoms with Gasteiger partial charge in [0.15, 0.2) is 0 Å². The van der Waals surface area contributed by atoms with Crippen molar-refractivity contribution < 1.29 is 48.9 Å². The Labute approximate surface area is 262 Å². The topological polar surface area (TPSA) is 228 Å². The van der Waals surface area contributed by atoms with E-state index in [1.54, 1.807) is 0 Å². The van der Waals surface area contributed by atoms with Gasteiger partial charge in [0.2, 0.25) is 23.6 Å². The molecule has 0 aromatic rings. The maximum Gasteiger partial charge on any atom is 0.327 e. The molecule has 0 unspecified atom stereocenters. The van der Waals surface area contributed by atoms with Crippen LogP contribution in [0.1, 0.15) is 96.3 Å². The molecule has 248 valence electrons. The average Bonchev–Trinajstić information content (AvgIpc) is 2.99. The molecule has 4 atom stereocenters. The van der Waals surface area contributed by atoms with Gasteiger partial charge in [-0.15, -0.1) is 0 Å². The summed E-state index contributed by atoms with van der Waals surface area (Å²) < 4.78 is 0. The molecular formula is C29H46N4O10S. The first kappa shape index (κ1) is 36.8. The largest absolute Gasteiger partial charge is 0.481 e. The van der Waals surface area contributed by atoms with Gasteiger partial charge in [-0.25, -0.2) is 4.79 Å². The van der Waals surface area contributed by atoms with E-state index in [0.29, 0.717) is 12.8 Å². The zero-order valence-electron chi connectivity index (χ0n) is 24.9. The molecule has 4 amide bonds. The van der Waals surface area contributed by atoms with E-state index in [2.05, 4.69) is 33.9 Å². The second kappa shape index (κ2) is 19.1. The molecule has 2 saturated carbocycles. The fourth-order valence-corrected chi connectivity index (χ4v) is 6.09. The van der Waals surface area contributed by atoms with Gasteiger partial charge < -0.3 is 36.6 Å². The predicted octanol–water partition coefficient (Wildman–Crippen LogP) is 1.22. The number of hydrogen-bond donors (Lipinski definition) is 8. The van der Waals surface area contributed by atoms with E-state index in [0.717, 1.165) is 51.4 Å². The van der Waals surface area contributed by atoms with E-state index in [-0.39, 0.29) is 36.9 Å². The SMILES string of the molecule is O=C(O)CCC(=O)N[C@H](C(=O)N[C@@H](CCC(=O)O)C(=O)N[C@@H](CC1CCCCC1)C(=O)N[C@H](CS)C(=O)O)C1CCCCC1. The number of thiol groups is 1. The number of amides is 4. The third-order valence-electron chi connectivity index (χ3n) is 8.29. The predicted molar refractivity (Wildman–Crippen MR) is 161 cm³/mol. The number of carbonyl (C=O) groups excluding carboxylic acids is 4. The number of carboxylic acid groups (broad SMARTS) is 3. The summed E-state index contributed by atoms with van der Waals surface area (Å²) in [7, 11) is 0. The molecule has 2 fully saturated rings. The van der Waals surface area contributed by atoms with Gasteiger partial charge in [0.1, 0.15) is 24.2 Å². The van der Waals surface area contributed by atoms with E-state index in [1.165, 1.54) is 0 Å². The summed E-state index contributed by atoms with van der Waals surface area (Å²) in [4.78, 5) is 86.6. The second-order valence-electron chi connectivity index (χ2n) is 11.7. The Morgan fingerprint density at radius 3 is 1.68 bits per heavy atom. The molecule has 0 bridgehead atoms. The summed E-state index contributed by atoms with van der Waals surface area (Å²) in [6.45, 7) is 0. The number of carbonyl (C=O) groups is 7. The zero-order valence-corrected chi connectivity index (χ0v) is 25.8. The highest BCUT2D eigenvalue weighted by atomic mass is 32.1. The first-order valence-electron chi connectivity index (χ1n) is 15.4. The van der Waals surface area contributed by atoms with Crippen LogP contribution in [0.25, 0.3) is 0 Å². The van der Waals surface area contributed by atoms with Crippen molar-refractivity contribution in [2.45, 2.75) is 120 Å². The molecule has 2 rings (SSSR count). The minimum atomic E-state index is -1.37. The maximum absolute atomic E-state index is 13.6. The summed E-state index contributed by atoms with van der Waals surface area (Å²) in [6.07, 6.45) is 7.20. The fourth-order valence-electron chi connectivity index (χ4n) is 5.85. The minimum Gasteiger partial charge on any atom is -0.481 e. The van der Waals surface area contributed by atoms with Gasteiger partial charge in [-0.2, -0.15) is 12.6 Å². The van der Waals surface area contributed by atoms with E-state index < -0.39 is 78.5 Å². The molecule has 0 spiro atoms. The Morgan fingerprint density at radius 1 is 0.614 bits per heavy atom. The van der Waals surface area contributed by atoms with Crippen LogP contribution in [0.4, 0.5) is 0 Å². The van der Waals surface area contributed by atoms with Crippen LogP contribution in [0.5, 0.6) is 0 Å². The van der Waals surface area contributed by atoms with Crippen LogP contribution < -0.4 is 21.3 Å². The molecule has 0 saturated heterocycles. The van der Waals surface area contributed by atoms with Gasteiger partial charge >= 0.3 is 17.9 Å². The highest BCUT2D eigenvalue weighted by molar-refractivity contribution is 7.80. The van der Waals surface area contributed by atoms with E-state index in [1.807, 2.05) is 0 Å². The summed E-state index contributed by atoms with van der Waals surface area (Å²) in [5.41, 5.74) is 0. The van der Waals surface area contributed by atoms with Crippen LogP contribution >= 0.6 is 12.6 Å². The number of carboxylic acids is 3. The van der Waals surface area contributed by atoms with Gasteiger partial charge in [-0.05, 0) is 37.5 Å². The second-order valence-corrected chi connectivity index (χ2v) is 12.1. The molecule has 2 aliphatic carbocycles. The first-order valence-corrected chi connectivity index (χ1v) is 16.0. The Morgan fingerprint density at radius 2 is 1.14 bits per heavy atom. The van der Waals surface area contributed by atoms with Crippen molar-refractivity contribution in [3.05, 3.63) is 0 Å². The molecule has 15 heteroatoms. The number of aliphatic carboxylic acids is 3. The van der Waals surface area contributed by atoms with Crippen LogP contribution in [0.3, 0.4) is 0 Å². The summed E-state index contributed by atoms with van der Waals surface area (Å²) in [6, 6.07) is -4.87. The quantitative estimate of drug-likeness (QED) is 0.0997. The Bertz CT molecular complexity index is 1030. The van der Waals surface area contributed by atoms with Crippen molar-refractivity contribution in [3.8, 4) is 0 Å². The summed E-state index contributed by atoms with van der Waals surface area (Å²) >= 11 is 3.98. The molecule has 14 nitrogen and oxygen atoms in total. The lowest BCUT2D eigenvalue weighted by Crippen LogP contribution is -2.59. The fraction of sp³-hybridized carbons (Fsp3) is 0.759. The van der Waals surface area contributed by atoms with Crippen LogP contribution in [0, 0.1) is 11.8 Å². The summed E-state index contributed by atoms with van der Waals surface area (Å²) in [5.74, 6) is -6.89. The molecule has 7 N–H and O–H groups in total. The lowest BCUT2D eigenvalue weighted by Gasteiger charge is -2.32. The van der Waals surface area contributed by atoms with Crippen molar-refractivity contribution in [1.82, 2.24) is 21.3 Å². The number of hydrogen-bond acceptors (Lipinski definition) is 8. The normalized spacial score (nSPS) is 18.6. The van der Waals surface area contributed by atoms with Crippen LogP contribution in [0.15, 0.2) is 0 Å². The third kappa shape index (κ3) is 13.1. The zero-order chi connectivity index (χ0) is 32.6. The molecule has 0 heterocycles. The van der Waals surface area contributed by atoms with Gasteiger partial charge in [-0.1, -0.05) is 51.4 Å². The Hall–Kier alpha value is -3.36. The number of nitrogens with one attached hydrogen (secondary N) is 4. The molecule has 44 heavy (non-hydrogen) atoms. The van der Waals surface area contributed by atoms with Crippen molar-refractivity contribution in [3.63, 3.8) is 0 Å². The standard InChI is InChI=1S/C29H46N4O10S/c34-22(12-14-24(37)38)33-25(18-9-5-2-6-10-18)28(41)30-19(11-13-23(35)36)26(39)31-20(15-17-7-3-1-4-8-17)27(40)32-21(16-44)29(42)43/h17-21,25,44H,1-16H2,(H,30,41)(H,31,39)(H,32,40)(H,33,34)(H,35,36)(H,37,38)(H,42,43)/t19-,20-,21+,25-/m0/s1. The Kier molecular flexibility index (Phi) is 16.0. The van der Waals surface area contributed by atoms with Crippen molar-refractivity contribution >= 4 is 54.2 Å². The lowest BCUT2D eigenvalue weighted by atomic mass is 9.83. The van der Waals surface area contributed by atoms with Crippen molar-refractivity contribution in [2.75, 3.05) is 5.75 Å². The highest BCUT2D eigenvalue weighted by Crippen LogP contribution is 2.28. The van der Waals surface area contributed by atoms with Gasteiger partial charge in [-0.3, -0.25) is 28.8 Å². The van der Waals surface area contributed by atoms with Crippen LogP contribution in [-0.4, -0.2) is 86.8 Å². The van der Waals surface area contributed by atoms with Crippen LogP contribution in [-0.2, 0) is 33.6 Å². The number of rotatable bonds is 18. The lowest BCUT2D eigenvalue weighted by molar-refractivity contribution is -0.142. The van der Waals surface area contributed by atoms with Crippen molar-refractivity contribution in [1.29, 1.82) is 0 Å². The Balaban J connectivity index is 2.25. The monoisotopic (exact) mass is 642 g/mol. The molecular weight excluding hydrogens is 596 g/mol. The van der Waals surface area contributed by atoms with Gasteiger partial charge in [0.05, 0.1) is 6.42 Å². The van der Waals surface area contributed by atoms with E-state index >= 15 is 0 Å². The molecule has 0 aromatic heterocycles. The van der Waals surface area contributed by atoms with Crippen molar-refractivity contribution in [2.24, 2.45) is 11.8 Å². The van der Waals surface area contributed by atoms with Crippen LogP contribution in [0.2, 0.25) is 0 Å². The van der Waals surface area contributed by atoms with Gasteiger partial charge in [0, 0.05) is 18.6 Å². The van der Waals surface area contributed by atoms with E-state index in [9.17, 15) is 43.8 Å². The molecule has 0 aliphatic heterocycles. The summed E-state index contributed by atoms with van der Waals surface area (Å²) in [5, 5.41) is 37.8. The third-order valence-corrected chi connectivity index (χ3v) is 8.66. The highest BCUT2D eigenvalue weighted by Gasteiger charge is 2.35. The van der Waals surface area contributed by atoms with E-state index in [4.69, 9.17) is 5.11 Å². The molecule has 0 aromatic carbocycles. The maximum atomic E-state index is 13.6. The minimum absolute atomic E-state index is 0.0998. The smallest absolute Gasteiger partial charge is 0.327 e. The average molecular weight is 643 g/mol. The van der Waals surface area contributed by atoms with Gasteiger partial charge in [0.25, 0.3) is 0 Å². The molecule has 0 radical (unpaired) electrons. The molecule has 2 aliphatic rings. The first-order chi connectivity index (χ1) is 20.9.